The molecule has 5 atom stereocenters. The molecule has 0 radical (unpaired) electrons. The van der Waals surface area contributed by atoms with Gasteiger partial charge in [0.1, 0.15) is 24.4 Å². The number of hydrogen-bond donors (Lipinski definition) is 0. The Kier molecular flexibility index (Phi) is 11.4. The Hall–Kier alpha value is -4.10. The van der Waals surface area contributed by atoms with Crippen molar-refractivity contribution < 1.29 is 23.7 Å². The van der Waals surface area contributed by atoms with E-state index in [1.54, 1.807) is 0 Å². The topological polar surface area (TPSA) is 46.2 Å². The van der Waals surface area contributed by atoms with Gasteiger partial charge in [0.2, 0.25) is 0 Å². The second-order valence-corrected chi connectivity index (χ2v) is 11.7. The van der Waals surface area contributed by atoms with Crippen molar-refractivity contribution in [1.29, 1.82) is 0 Å². The van der Waals surface area contributed by atoms with Crippen LogP contribution in [0.25, 0.3) is 10.8 Å². The molecular formula is C41H42O5. The molecule has 1 aliphatic heterocycles. The molecule has 0 N–H and O–H groups in total. The maximum atomic E-state index is 6.87. The summed E-state index contributed by atoms with van der Waals surface area (Å²) in [6.07, 6.45) is 0.554. The number of benzene rings is 5. The highest BCUT2D eigenvalue weighted by atomic mass is 16.6. The quantitative estimate of drug-likeness (QED) is 0.111. The van der Waals surface area contributed by atoms with Gasteiger partial charge < -0.3 is 23.7 Å². The van der Waals surface area contributed by atoms with Crippen LogP contribution in [0.15, 0.2) is 146 Å². The highest BCUT2D eigenvalue weighted by molar-refractivity contribution is 5.82. The summed E-state index contributed by atoms with van der Waals surface area (Å²) in [6, 6.07) is 45.4. The van der Waals surface area contributed by atoms with Crippen LogP contribution in [0.3, 0.4) is 0 Å². The molecule has 0 aromatic heterocycles. The van der Waals surface area contributed by atoms with Crippen molar-refractivity contribution in [3.05, 3.63) is 168 Å². The van der Waals surface area contributed by atoms with Gasteiger partial charge in [-0.25, -0.2) is 0 Å². The summed E-state index contributed by atoms with van der Waals surface area (Å²) in [7, 11) is 0. The lowest BCUT2D eigenvalue weighted by Crippen LogP contribution is -2.61. The molecule has 1 heterocycles. The van der Waals surface area contributed by atoms with Gasteiger partial charge in [-0.1, -0.05) is 133 Å². The van der Waals surface area contributed by atoms with Crippen LogP contribution in [0.5, 0.6) is 0 Å². The summed E-state index contributed by atoms with van der Waals surface area (Å²) in [5.74, 6) is 0. The molecular weight excluding hydrogens is 572 g/mol. The summed E-state index contributed by atoms with van der Waals surface area (Å²) in [5, 5.41) is 2.38. The van der Waals surface area contributed by atoms with Gasteiger partial charge in [0.15, 0.2) is 0 Å². The van der Waals surface area contributed by atoms with Crippen molar-refractivity contribution in [1.82, 2.24) is 0 Å². The summed E-state index contributed by atoms with van der Waals surface area (Å²) < 4.78 is 33.3. The van der Waals surface area contributed by atoms with Crippen LogP contribution in [0, 0.1) is 0 Å². The van der Waals surface area contributed by atoms with Gasteiger partial charge in [-0.2, -0.15) is 0 Å². The van der Waals surface area contributed by atoms with Gasteiger partial charge in [0, 0.05) is 0 Å². The Morgan fingerprint density at radius 3 is 1.61 bits per heavy atom. The first-order valence-electron chi connectivity index (χ1n) is 16.0. The number of hydrogen-bond acceptors (Lipinski definition) is 5. The van der Waals surface area contributed by atoms with Crippen molar-refractivity contribution in [2.45, 2.75) is 63.4 Å². The Morgan fingerprint density at radius 1 is 0.500 bits per heavy atom. The SMILES string of the molecule is C=CC[C@H]1OC(COCc2ccccc2)[C@H](OCc2ccccc2)C(OCc2ccc3ccccc3c2)C1OCc1ccccc1. The number of rotatable bonds is 15. The second-order valence-electron chi connectivity index (χ2n) is 11.7. The van der Waals surface area contributed by atoms with Gasteiger partial charge in [-0.05, 0) is 45.5 Å². The molecule has 0 aliphatic carbocycles. The Balaban J connectivity index is 1.28. The minimum absolute atomic E-state index is 0.287. The molecule has 5 heteroatoms. The smallest absolute Gasteiger partial charge is 0.115 e. The van der Waals surface area contributed by atoms with Crippen LogP contribution in [-0.2, 0) is 50.1 Å². The van der Waals surface area contributed by atoms with E-state index in [1.165, 1.54) is 10.8 Å². The third-order valence-electron chi connectivity index (χ3n) is 8.35. The fourth-order valence-electron chi connectivity index (χ4n) is 5.99. The largest absolute Gasteiger partial charge is 0.374 e. The van der Waals surface area contributed by atoms with E-state index in [1.807, 2.05) is 60.7 Å². The van der Waals surface area contributed by atoms with Gasteiger partial charge in [0.25, 0.3) is 0 Å². The molecule has 0 spiro atoms. The van der Waals surface area contributed by atoms with E-state index >= 15 is 0 Å². The third kappa shape index (κ3) is 8.58. The highest BCUT2D eigenvalue weighted by Gasteiger charge is 2.48. The lowest BCUT2D eigenvalue weighted by Gasteiger charge is -2.46. The average Bonchev–Trinajstić information content (AvgIpc) is 3.11. The number of fused-ring (bicyclic) bond motifs is 1. The zero-order valence-corrected chi connectivity index (χ0v) is 26.2. The molecule has 1 aliphatic rings. The molecule has 0 bridgehead atoms. The summed E-state index contributed by atoms with van der Waals surface area (Å²) >= 11 is 0. The second kappa shape index (κ2) is 16.5. The molecule has 1 fully saturated rings. The van der Waals surface area contributed by atoms with E-state index in [0.717, 1.165) is 22.3 Å². The van der Waals surface area contributed by atoms with Crippen LogP contribution in [0.1, 0.15) is 28.7 Å². The summed E-state index contributed by atoms with van der Waals surface area (Å²) in [6.45, 7) is 6.12. The van der Waals surface area contributed by atoms with Crippen LogP contribution in [-0.4, -0.2) is 37.1 Å². The Morgan fingerprint density at radius 2 is 1.00 bits per heavy atom. The van der Waals surface area contributed by atoms with Crippen LogP contribution in [0.2, 0.25) is 0 Å². The molecule has 6 rings (SSSR count). The molecule has 236 valence electrons. The molecule has 0 saturated carbocycles. The van der Waals surface area contributed by atoms with Crippen LogP contribution in [0.4, 0.5) is 0 Å². The predicted molar refractivity (Wildman–Crippen MR) is 182 cm³/mol. The fraction of sp³-hybridized carbons (Fsp3) is 0.268. The highest BCUT2D eigenvalue weighted by Crippen LogP contribution is 2.32. The average molecular weight is 615 g/mol. The van der Waals surface area contributed by atoms with E-state index in [-0.39, 0.29) is 12.2 Å². The molecule has 5 nitrogen and oxygen atoms in total. The Bertz CT molecular complexity index is 1620. The van der Waals surface area contributed by atoms with Gasteiger partial charge >= 0.3 is 0 Å². The maximum absolute atomic E-state index is 6.87. The molecule has 5 aromatic carbocycles. The van der Waals surface area contributed by atoms with E-state index < -0.39 is 18.3 Å². The molecule has 5 aromatic rings. The monoisotopic (exact) mass is 614 g/mol. The fourth-order valence-corrected chi connectivity index (χ4v) is 5.99. The van der Waals surface area contributed by atoms with E-state index in [9.17, 15) is 0 Å². The molecule has 46 heavy (non-hydrogen) atoms. The first-order valence-corrected chi connectivity index (χ1v) is 16.0. The summed E-state index contributed by atoms with van der Waals surface area (Å²) in [4.78, 5) is 0. The first-order chi connectivity index (χ1) is 22.8. The normalized spacial score (nSPS) is 21.3. The van der Waals surface area contributed by atoms with Gasteiger partial charge in [-0.15, -0.1) is 6.58 Å². The summed E-state index contributed by atoms with van der Waals surface area (Å²) in [5.41, 5.74) is 4.36. The van der Waals surface area contributed by atoms with Crippen molar-refractivity contribution in [3.8, 4) is 0 Å². The minimum Gasteiger partial charge on any atom is -0.374 e. The minimum atomic E-state index is -0.446. The third-order valence-corrected chi connectivity index (χ3v) is 8.35. The van der Waals surface area contributed by atoms with Crippen molar-refractivity contribution in [3.63, 3.8) is 0 Å². The first kappa shape index (κ1) is 31.9. The van der Waals surface area contributed by atoms with E-state index in [2.05, 4.69) is 85.4 Å². The van der Waals surface area contributed by atoms with Crippen molar-refractivity contribution >= 4 is 10.8 Å². The predicted octanol–water partition coefficient (Wildman–Crippen LogP) is 8.46. The zero-order chi connectivity index (χ0) is 31.4. The molecule has 0 amide bonds. The van der Waals surface area contributed by atoms with Gasteiger partial charge in [-0.3, -0.25) is 0 Å². The zero-order valence-electron chi connectivity index (χ0n) is 26.2. The molecule has 1 saturated heterocycles. The van der Waals surface area contributed by atoms with Crippen molar-refractivity contribution in [2.24, 2.45) is 0 Å². The standard InChI is InChI=1S/C41H42O5/c1-2-14-37-39(43-27-32-17-8-4-9-18-32)41(45-29-34-23-24-35-21-12-13-22-36(35)25-34)40(44-28-33-19-10-5-11-20-33)38(46-37)30-42-26-31-15-6-3-7-16-31/h2-13,15-25,37-41H,1,14,26-30H2/t37-,38?,39?,40+,41?/m1/s1. The van der Waals surface area contributed by atoms with Crippen LogP contribution >= 0.6 is 0 Å². The number of ether oxygens (including phenoxy) is 5. The van der Waals surface area contributed by atoms with Crippen LogP contribution < -0.4 is 0 Å². The van der Waals surface area contributed by atoms with E-state index in [0.29, 0.717) is 39.5 Å². The van der Waals surface area contributed by atoms with Gasteiger partial charge in [0.05, 0.1) is 39.1 Å². The lowest BCUT2D eigenvalue weighted by molar-refractivity contribution is -0.271. The Labute approximate surface area is 272 Å². The maximum Gasteiger partial charge on any atom is 0.115 e. The van der Waals surface area contributed by atoms with Crippen molar-refractivity contribution in [2.75, 3.05) is 6.61 Å². The lowest BCUT2D eigenvalue weighted by atomic mass is 9.92. The molecule has 3 unspecified atom stereocenters. The van der Waals surface area contributed by atoms with E-state index in [4.69, 9.17) is 23.7 Å².